The Bertz CT molecular complexity index is 516. The van der Waals surface area contributed by atoms with E-state index in [1.165, 1.54) is 6.07 Å². The van der Waals surface area contributed by atoms with E-state index in [9.17, 15) is 18.0 Å². The van der Waals surface area contributed by atoms with Crippen LogP contribution in [-0.4, -0.2) is 24.7 Å². The van der Waals surface area contributed by atoms with Crippen molar-refractivity contribution in [2.45, 2.75) is 39.5 Å². The Morgan fingerprint density at radius 2 is 1.83 bits per heavy atom. The summed E-state index contributed by atoms with van der Waals surface area (Å²) in [6, 6.07) is 5.53. The van der Waals surface area contributed by atoms with Crippen molar-refractivity contribution in [3.8, 4) is 5.75 Å². The topological polar surface area (TPSA) is 64.4 Å². The van der Waals surface area contributed by atoms with Gasteiger partial charge in [-0.1, -0.05) is 39.0 Å². The number of alkyl halides is 3. The highest BCUT2D eigenvalue weighted by molar-refractivity contribution is 5.85. The van der Waals surface area contributed by atoms with Crippen LogP contribution in [0.1, 0.15) is 26.3 Å². The summed E-state index contributed by atoms with van der Waals surface area (Å²) in [6.45, 7) is 4.17. The Kier molecular flexibility index (Phi) is 7.86. The lowest BCUT2D eigenvalue weighted by molar-refractivity contribution is -0.153. The standard InChI is InChI=1S/C15H21F3N2O2.ClH/c1-14(2,3)12(19)13(21)20-8-10-6-4-5-7-11(10)22-9-15(16,17)18;/h4-7,12H,8-9,19H2,1-3H3,(H,20,21);1H/t12-;/m1./s1. The minimum atomic E-state index is -4.41. The zero-order valence-corrected chi connectivity index (χ0v) is 14.1. The van der Waals surface area contributed by atoms with E-state index in [-0.39, 0.29) is 30.6 Å². The fourth-order valence-electron chi connectivity index (χ4n) is 1.64. The third kappa shape index (κ3) is 7.56. The summed E-state index contributed by atoms with van der Waals surface area (Å²) in [5.74, 6) is -0.275. The van der Waals surface area contributed by atoms with Crippen LogP contribution in [0.3, 0.4) is 0 Å². The summed E-state index contributed by atoms with van der Waals surface area (Å²) in [5.41, 5.74) is 5.87. The predicted molar refractivity (Wildman–Crippen MR) is 84.5 cm³/mol. The maximum absolute atomic E-state index is 12.2. The molecular formula is C15H22ClF3N2O2. The van der Waals surface area contributed by atoms with Crippen molar-refractivity contribution in [3.63, 3.8) is 0 Å². The third-order valence-electron chi connectivity index (χ3n) is 3.03. The monoisotopic (exact) mass is 354 g/mol. The average molecular weight is 355 g/mol. The van der Waals surface area contributed by atoms with E-state index in [1.54, 1.807) is 18.2 Å². The molecule has 0 unspecified atom stereocenters. The number of para-hydroxylation sites is 1. The van der Waals surface area contributed by atoms with Crippen molar-refractivity contribution in [1.29, 1.82) is 0 Å². The second-order valence-corrected chi connectivity index (χ2v) is 6.07. The summed E-state index contributed by atoms with van der Waals surface area (Å²) in [4.78, 5) is 11.9. The first kappa shape index (κ1) is 21.5. The lowest BCUT2D eigenvalue weighted by Crippen LogP contribution is -2.48. The summed E-state index contributed by atoms with van der Waals surface area (Å²) in [7, 11) is 0. The van der Waals surface area contributed by atoms with Crippen LogP contribution in [0.25, 0.3) is 0 Å². The van der Waals surface area contributed by atoms with Gasteiger partial charge in [-0.05, 0) is 11.5 Å². The Balaban J connectivity index is 0.00000484. The average Bonchev–Trinajstić information content (AvgIpc) is 2.40. The number of rotatable bonds is 5. The maximum Gasteiger partial charge on any atom is 0.422 e. The van der Waals surface area contributed by atoms with Gasteiger partial charge in [-0.25, -0.2) is 0 Å². The summed E-state index contributed by atoms with van der Waals surface area (Å²) < 4.78 is 41.4. The van der Waals surface area contributed by atoms with E-state index in [1.807, 2.05) is 20.8 Å². The maximum atomic E-state index is 12.2. The summed E-state index contributed by atoms with van der Waals surface area (Å²) in [5, 5.41) is 2.62. The lowest BCUT2D eigenvalue weighted by Gasteiger charge is -2.26. The van der Waals surface area contributed by atoms with E-state index in [0.717, 1.165) is 0 Å². The molecule has 8 heteroatoms. The molecule has 1 aromatic carbocycles. The zero-order valence-electron chi connectivity index (χ0n) is 13.2. The van der Waals surface area contributed by atoms with Gasteiger partial charge < -0.3 is 15.8 Å². The number of carbonyl (C=O) groups is 1. The van der Waals surface area contributed by atoms with Gasteiger partial charge in [-0.3, -0.25) is 4.79 Å². The molecule has 0 radical (unpaired) electrons. The highest BCUT2D eigenvalue weighted by Gasteiger charge is 2.29. The molecule has 1 rings (SSSR count). The molecule has 0 spiro atoms. The number of nitrogens with two attached hydrogens (primary N) is 1. The predicted octanol–water partition coefficient (Wildman–Crippen LogP) is 3.04. The molecule has 132 valence electrons. The van der Waals surface area contributed by atoms with E-state index in [2.05, 4.69) is 5.32 Å². The second-order valence-electron chi connectivity index (χ2n) is 6.07. The molecule has 1 atom stereocenters. The SMILES string of the molecule is CC(C)(C)[C@H](N)C(=O)NCc1ccccc1OCC(F)(F)F.Cl. The number of halogens is 4. The first-order valence-corrected chi connectivity index (χ1v) is 6.81. The van der Waals surface area contributed by atoms with Gasteiger partial charge in [0.2, 0.25) is 5.91 Å². The molecule has 3 N–H and O–H groups in total. The summed E-state index contributed by atoms with van der Waals surface area (Å²) >= 11 is 0. The number of benzene rings is 1. The number of carbonyl (C=O) groups excluding carboxylic acids is 1. The molecule has 0 fully saturated rings. The molecule has 0 aliphatic heterocycles. The van der Waals surface area contributed by atoms with Gasteiger partial charge in [0.25, 0.3) is 0 Å². The molecule has 0 saturated heterocycles. The van der Waals surface area contributed by atoms with Gasteiger partial charge in [-0.15, -0.1) is 12.4 Å². The van der Waals surface area contributed by atoms with E-state index in [4.69, 9.17) is 10.5 Å². The van der Waals surface area contributed by atoms with Crippen LogP contribution in [0, 0.1) is 5.41 Å². The van der Waals surface area contributed by atoms with Crippen molar-refractivity contribution < 1.29 is 22.7 Å². The molecule has 0 saturated carbocycles. The molecule has 1 amide bonds. The first-order chi connectivity index (χ1) is 10.0. The molecule has 0 aromatic heterocycles. The lowest BCUT2D eigenvalue weighted by atomic mass is 9.87. The minimum absolute atomic E-state index is 0. The molecule has 0 aliphatic carbocycles. The fourth-order valence-corrected chi connectivity index (χ4v) is 1.64. The molecule has 0 heterocycles. The molecule has 0 bridgehead atoms. The van der Waals surface area contributed by atoms with Crippen LogP contribution in [0.2, 0.25) is 0 Å². The zero-order chi connectivity index (χ0) is 17.0. The quantitative estimate of drug-likeness (QED) is 0.854. The van der Waals surface area contributed by atoms with Crippen molar-refractivity contribution in [2.24, 2.45) is 11.1 Å². The fraction of sp³-hybridized carbons (Fsp3) is 0.533. The normalized spacial score (nSPS) is 13.0. The highest BCUT2D eigenvalue weighted by atomic mass is 35.5. The smallest absolute Gasteiger partial charge is 0.422 e. The first-order valence-electron chi connectivity index (χ1n) is 6.81. The van der Waals surface area contributed by atoms with E-state index < -0.39 is 24.2 Å². The van der Waals surface area contributed by atoms with Gasteiger partial charge in [0.1, 0.15) is 5.75 Å². The molecule has 23 heavy (non-hydrogen) atoms. The summed E-state index contributed by atoms with van der Waals surface area (Å²) in [6.07, 6.45) is -4.41. The molecule has 1 aromatic rings. The largest absolute Gasteiger partial charge is 0.484 e. The van der Waals surface area contributed by atoms with Crippen molar-refractivity contribution in [2.75, 3.05) is 6.61 Å². The molecular weight excluding hydrogens is 333 g/mol. The van der Waals surface area contributed by atoms with Gasteiger partial charge in [0, 0.05) is 12.1 Å². The Labute approximate surface area is 140 Å². The number of hydrogen-bond acceptors (Lipinski definition) is 3. The van der Waals surface area contributed by atoms with Crippen LogP contribution in [-0.2, 0) is 11.3 Å². The van der Waals surface area contributed by atoms with Gasteiger partial charge >= 0.3 is 6.18 Å². The number of hydrogen-bond donors (Lipinski definition) is 2. The van der Waals surface area contributed by atoms with Gasteiger partial charge in [0.15, 0.2) is 6.61 Å². The van der Waals surface area contributed by atoms with Crippen LogP contribution in [0.15, 0.2) is 24.3 Å². The van der Waals surface area contributed by atoms with Gasteiger partial charge in [-0.2, -0.15) is 13.2 Å². The van der Waals surface area contributed by atoms with Crippen molar-refractivity contribution >= 4 is 18.3 Å². The van der Waals surface area contributed by atoms with Crippen LogP contribution >= 0.6 is 12.4 Å². The Morgan fingerprint density at radius 1 is 1.26 bits per heavy atom. The van der Waals surface area contributed by atoms with Crippen LogP contribution in [0.4, 0.5) is 13.2 Å². The number of amides is 1. The number of ether oxygens (including phenoxy) is 1. The number of nitrogens with one attached hydrogen (secondary N) is 1. The minimum Gasteiger partial charge on any atom is -0.484 e. The van der Waals surface area contributed by atoms with Crippen molar-refractivity contribution in [3.05, 3.63) is 29.8 Å². The molecule has 4 nitrogen and oxygen atoms in total. The van der Waals surface area contributed by atoms with Crippen LogP contribution in [0.5, 0.6) is 5.75 Å². The highest BCUT2D eigenvalue weighted by Crippen LogP contribution is 2.22. The van der Waals surface area contributed by atoms with Crippen molar-refractivity contribution in [1.82, 2.24) is 5.32 Å². The van der Waals surface area contributed by atoms with Crippen LogP contribution < -0.4 is 15.8 Å². The Morgan fingerprint density at radius 3 is 2.35 bits per heavy atom. The second kappa shape index (κ2) is 8.40. The molecule has 0 aliphatic rings. The third-order valence-corrected chi connectivity index (χ3v) is 3.03. The van der Waals surface area contributed by atoms with E-state index >= 15 is 0 Å². The Hall–Kier alpha value is -1.47. The van der Waals surface area contributed by atoms with E-state index in [0.29, 0.717) is 5.56 Å². The van der Waals surface area contributed by atoms with Gasteiger partial charge in [0.05, 0.1) is 6.04 Å².